The molecule has 3 atom stereocenters. The van der Waals surface area contributed by atoms with Crippen LogP contribution in [0.1, 0.15) is 173 Å². The van der Waals surface area contributed by atoms with Crippen molar-refractivity contribution in [3.63, 3.8) is 0 Å². The van der Waals surface area contributed by atoms with E-state index in [-0.39, 0.29) is 6.10 Å². The Balaban J connectivity index is 3.51. The Kier molecular flexibility index (Phi) is 37.2. The lowest BCUT2D eigenvalue weighted by Gasteiger charge is -2.06. The van der Waals surface area contributed by atoms with E-state index in [4.69, 9.17) is 12.8 Å². The van der Waals surface area contributed by atoms with E-state index in [2.05, 4.69) is 59.8 Å². The van der Waals surface area contributed by atoms with Gasteiger partial charge < -0.3 is 15.3 Å². The van der Waals surface area contributed by atoms with Gasteiger partial charge in [0.25, 0.3) is 0 Å². The molecular weight excluding hydrogens is 601 g/mol. The van der Waals surface area contributed by atoms with E-state index in [0.717, 1.165) is 103 Å². The molecule has 0 fully saturated rings. The van der Waals surface area contributed by atoms with E-state index in [0.29, 0.717) is 0 Å². The van der Waals surface area contributed by atoms with E-state index in [1.54, 1.807) is 6.08 Å². The number of terminal acetylenes is 2. The minimum atomic E-state index is -0.850. The van der Waals surface area contributed by atoms with Gasteiger partial charge in [-0.3, -0.25) is 0 Å². The van der Waals surface area contributed by atoms with Crippen molar-refractivity contribution >= 4 is 0 Å². The number of unbranched alkanes of at least 4 members (excludes halogenated alkanes) is 22. The van der Waals surface area contributed by atoms with Gasteiger partial charge in [0.15, 0.2) is 6.10 Å². The quantitative estimate of drug-likeness (QED) is 0.0391. The van der Waals surface area contributed by atoms with Crippen molar-refractivity contribution in [3.8, 4) is 48.4 Å². The van der Waals surface area contributed by atoms with Crippen LogP contribution in [0.5, 0.6) is 0 Å². The molecule has 0 saturated carbocycles. The van der Waals surface area contributed by atoms with Gasteiger partial charge in [-0.1, -0.05) is 155 Å². The highest BCUT2D eigenvalue weighted by molar-refractivity contribution is 5.19. The Morgan fingerprint density at radius 2 is 0.878 bits per heavy atom. The Bertz CT molecular complexity index is 1060. The molecule has 49 heavy (non-hydrogen) atoms. The second kappa shape index (κ2) is 39.5. The minimum absolute atomic E-state index is 0.294. The molecule has 0 aliphatic carbocycles. The standard InChI is InChI=1S/C46H70O3/c1-3-5-6-7-8-9-10-11-12-13-14-16-19-25-30-35-40-45(48)41-36-31-26-20-17-15-18-21-27-32-37-42-46(49)43-38-33-28-23-22-24-29-34-39-44(47)4-2/h1-2,5-6,15,17,34,36,39,41,44-49H,7-14,16,18-33,35,40H2/b6-5-,17-15-,39-34+,41-36+/t44-,45-,46-/m0/s1. The van der Waals surface area contributed by atoms with Crippen molar-refractivity contribution < 1.29 is 15.3 Å². The van der Waals surface area contributed by atoms with Gasteiger partial charge in [0.05, 0.1) is 6.10 Å². The first kappa shape index (κ1) is 46.1. The number of aliphatic hydroxyl groups excluding tert-OH is 3. The number of rotatable bonds is 31. The summed E-state index contributed by atoms with van der Waals surface area (Å²) >= 11 is 0. The first-order chi connectivity index (χ1) is 24.1. The van der Waals surface area contributed by atoms with Crippen LogP contribution >= 0.6 is 0 Å². The van der Waals surface area contributed by atoms with E-state index < -0.39 is 12.2 Å². The summed E-state index contributed by atoms with van der Waals surface area (Å²) in [5, 5.41) is 29.4. The zero-order chi connectivity index (χ0) is 35.7. The van der Waals surface area contributed by atoms with Gasteiger partial charge in [0.1, 0.15) is 6.10 Å². The highest BCUT2D eigenvalue weighted by Crippen LogP contribution is 2.14. The molecule has 0 bridgehead atoms. The summed E-state index contributed by atoms with van der Waals surface area (Å²) < 4.78 is 0. The molecule has 0 radical (unpaired) electrons. The lowest BCUT2D eigenvalue weighted by molar-refractivity contribution is 0.207. The number of hydrogen-bond acceptors (Lipinski definition) is 3. The van der Waals surface area contributed by atoms with Gasteiger partial charge in [-0.05, 0) is 89.2 Å². The van der Waals surface area contributed by atoms with Crippen LogP contribution in [-0.2, 0) is 0 Å². The van der Waals surface area contributed by atoms with Crippen molar-refractivity contribution in [2.75, 3.05) is 0 Å². The van der Waals surface area contributed by atoms with Crippen molar-refractivity contribution in [1.29, 1.82) is 0 Å². The van der Waals surface area contributed by atoms with Crippen molar-refractivity contribution in [1.82, 2.24) is 0 Å². The van der Waals surface area contributed by atoms with Crippen LogP contribution in [-0.4, -0.2) is 33.6 Å². The van der Waals surface area contributed by atoms with Gasteiger partial charge in [-0.2, -0.15) is 0 Å². The summed E-state index contributed by atoms with van der Waals surface area (Å²) in [6.07, 6.45) is 55.6. The topological polar surface area (TPSA) is 60.7 Å². The van der Waals surface area contributed by atoms with Crippen LogP contribution in [0.4, 0.5) is 0 Å². The SMILES string of the molecule is C#C/C=C\CCCCCCCCCCCCCC[C@H](O)/C=C/CCC/C=C\CCCCC#C[C@H](O)C#CCCCCCC/C=C/[C@@H](O)C#C. The zero-order valence-electron chi connectivity index (χ0n) is 30.9. The molecule has 0 rings (SSSR count). The fourth-order valence-corrected chi connectivity index (χ4v) is 5.43. The molecule has 0 aromatic heterocycles. The van der Waals surface area contributed by atoms with Crippen LogP contribution in [0, 0.1) is 48.4 Å². The molecule has 0 spiro atoms. The molecule has 0 amide bonds. The summed E-state index contributed by atoms with van der Waals surface area (Å²) in [5.41, 5.74) is 0. The zero-order valence-corrected chi connectivity index (χ0v) is 30.9. The molecule has 0 unspecified atom stereocenters. The maximum atomic E-state index is 10.2. The monoisotopic (exact) mass is 671 g/mol. The largest absolute Gasteiger partial charge is 0.389 e. The Hall–Kier alpha value is -2.92. The molecule has 272 valence electrons. The third kappa shape index (κ3) is 39.4. The Labute approximate surface area is 303 Å². The molecule has 0 aromatic rings. The summed E-state index contributed by atoms with van der Waals surface area (Å²) in [6, 6.07) is 0. The van der Waals surface area contributed by atoms with Crippen LogP contribution in [0.3, 0.4) is 0 Å². The summed E-state index contributed by atoms with van der Waals surface area (Å²) in [4.78, 5) is 0. The highest BCUT2D eigenvalue weighted by atomic mass is 16.3. The number of hydrogen-bond donors (Lipinski definition) is 3. The minimum Gasteiger partial charge on any atom is -0.389 e. The van der Waals surface area contributed by atoms with Crippen molar-refractivity contribution in [2.24, 2.45) is 0 Å². The van der Waals surface area contributed by atoms with Gasteiger partial charge in [-0.25, -0.2) is 0 Å². The summed E-state index contributed by atoms with van der Waals surface area (Å²) in [7, 11) is 0. The van der Waals surface area contributed by atoms with E-state index >= 15 is 0 Å². The fraction of sp³-hybridized carbons (Fsp3) is 0.652. The molecule has 3 nitrogen and oxygen atoms in total. The predicted molar refractivity (Wildman–Crippen MR) is 212 cm³/mol. The average molecular weight is 671 g/mol. The first-order valence-corrected chi connectivity index (χ1v) is 19.7. The maximum Gasteiger partial charge on any atom is 0.176 e. The number of allylic oxidation sites excluding steroid dienone is 6. The lowest BCUT2D eigenvalue weighted by atomic mass is 10.0. The number of aliphatic hydroxyl groups is 3. The van der Waals surface area contributed by atoms with Crippen LogP contribution < -0.4 is 0 Å². The van der Waals surface area contributed by atoms with E-state index in [1.165, 1.54) is 70.6 Å². The third-order valence-electron chi connectivity index (χ3n) is 8.41. The van der Waals surface area contributed by atoms with Crippen LogP contribution in [0.15, 0.2) is 48.6 Å². The van der Waals surface area contributed by atoms with Gasteiger partial charge in [-0.15, -0.1) is 12.8 Å². The second-order valence-electron chi connectivity index (χ2n) is 13.1. The van der Waals surface area contributed by atoms with Crippen molar-refractivity contribution in [2.45, 2.75) is 192 Å². The molecular formula is C46H70O3. The summed E-state index contributed by atoms with van der Waals surface area (Å²) in [6.45, 7) is 0. The fourth-order valence-electron chi connectivity index (χ4n) is 5.43. The second-order valence-corrected chi connectivity index (χ2v) is 13.1. The van der Waals surface area contributed by atoms with Crippen LogP contribution in [0.2, 0.25) is 0 Å². The third-order valence-corrected chi connectivity index (χ3v) is 8.41. The van der Waals surface area contributed by atoms with Crippen molar-refractivity contribution in [3.05, 3.63) is 48.6 Å². The molecule has 0 aromatic carbocycles. The van der Waals surface area contributed by atoms with Crippen LogP contribution in [0.25, 0.3) is 0 Å². The summed E-state index contributed by atoms with van der Waals surface area (Å²) in [5.74, 6) is 16.6. The van der Waals surface area contributed by atoms with E-state index in [9.17, 15) is 15.3 Å². The normalized spacial score (nSPS) is 13.2. The van der Waals surface area contributed by atoms with Gasteiger partial charge in [0.2, 0.25) is 0 Å². The molecule has 0 heterocycles. The highest BCUT2D eigenvalue weighted by Gasteiger charge is 1.99. The van der Waals surface area contributed by atoms with Gasteiger partial charge in [0, 0.05) is 12.8 Å². The van der Waals surface area contributed by atoms with Gasteiger partial charge >= 0.3 is 0 Å². The molecule has 0 aliphatic heterocycles. The Morgan fingerprint density at radius 3 is 1.47 bits per heavy atom. The Morgan fingerprint density at radius 1 is 0.449 bits per heavy atom. The average Bonchev–Trinajstić information content (AvgIpc) is 3.10. The molecule has 0 saturated heterocycles. The maximum absolute atomic E-state index is 10.2. The first-order valence-electron chi connectivity index (χ1n) is 19.7. The molecule has 3 heteroatoms. The predicted octanol–water partition coefficient (Wildman–Crippen LogP) is 11.1. The van der Waals surface area contributed by atoms with E-state index in [1.807, 2.05) is 18.2 Å². The lowest BCUT2D eigenvalue weighted by Crippen LogP contribution is -2.01. The molecule has 3 N–H and O–H groups in total. The smallest absolute Gasteiger partial charge is 0.176 e. The molecule has 0 aliphatic rings.